The molecule has 0 bridgehead atoms. The number of hydrogen-bond donors (Lipinski definition) is 1. The minimum Gasteiger partial charge on any atom is -0.634 e. The number of nitrogens with one attached hydrogen (secondary N) is 1. The molecule has 0 saturated heterocycles. The Balaban J connectivity index is 2.34. The van der Waals surface area contributed by atoms with Crippen LogP contribution in [0.5, 0.6) is 0 Å². The highest BCUT2D eigenvalue weighted by atomic mass is 16.5. The topological polar surface area (TPSA) is 53.8 Å². The van der Waals surface area contributed by atoms with E-state index in [1.54, 1.807) is 7.05 Å². The van der Waals surface area contributed by atoms with E-state index in [4.69, 9.17) is 0 Å². The van der Waals surface area contributed by atoms with Crippen LogP contribution in [0.4, 0.5) is 0 Å². The van der Waals surface area contributed by atoms with E-state index in [1.807, 2.05) is 0 Å². The number of hydrogen-bond acceptors (Lipinski definition) is 3. The number of carbonyl (C=O) groups excluding carboxylic acids is 1. The Kier molecular flexibility index (Phi) is 3.69. The average molecular weight is 187 g/mol. The van der Waals surface area contributed by atoms with Crippen molar-refractivity contribution in [3.05, 3.63) is 5.21 Å². The molecule has 0 aromatic heterocycles. The lowest BCUT2D eigenvalue weighted by atomic mass is 9.86. The number of quaternary nitrogens is 1. The summed E-state index contributed by atoms with van der Waals surface area (Å²) >= 11 is 0. The summed E-state index contributed by atoms with van der Waals surface area (Å²) in [5.41, 5.74) is 0. The molecule has 0 aliphatic heterocycles. The fourth-order valence-corrected chi connectivity index (χ4v) is 1.90. The van der Waals surface area contributed by atoms with Crippen molar-refractivity contribution in [2.24, 2.45) is 5.92 Å². The number of esters is 1. The van der Waals surface area contributed by atoms with Crippen molar-refractivity contribution in [1.29, 1.82) is 0 Å². The van der Waals surface area contributed by atoms with Gasteiger partial charge in [-0.1, -0.05) is 0 Å². The van der Waals surface area contributed by atoms with Crippen LogP contribution in [0.3, 0.4) is 0 Å². The Morgan fingerprint density at radius 2 is 1.92 bits per heavy atom. The van der Waals surface area contributed by atoms with E-state index >= 15 is 0 Å². The van der Waals surface area contributed by atoms with Gasteiger partial charge in [-0.2, -0.15) is 0 Å². The summed E-state index contributed by atoms with van der Waals surface area (Å²) in [6, 6.07) is 0.181. The Morgan fingerprint density at radius 3 is 2.31 bits per heavy atom. The van der Waals surface area contributed by atoms with Gasteiger partial charge in [-0.15, -0.1) is 0 Å². The van der Waals surface area contributed by atoms with Crippen LogP contribution in [0.15, 0.2) is 0 Å². The third-order valence-corrected chi connectivity index (χ3v) is 2.84. The molecule has 1 saturated carbocycles. The molecule has 4 heteroatoms. The van der Waals surface area contributed by atoms with Gasteiger partial charge in [0.15, 0.2) is 0 Å². The van der Waals surface area contributed by atoms with E-state index in [0.717, 1.165) is 25.7 Å². The van der Waals surface area contributed by atoms with E-state index in [9.17, 15) is 10.0 Å². The van der Waals surface area contributed by atoms with Crippen LogP contribution in [0, 0.1) is 11.1 Å². The second-order valence-corrected chi connectivity index (χ2v) is 3.68. The van der Waals surface area contributed by atoms with Gasteiger partial charge in [0.2, 0.25) is 0 Å². The highest BCUT2D eigenvalue weighted by molar-refractivity contribution is 5.72. The first kappa shape index (κ1) is 10.5. The number of ether oxygens (including phenoxy) is 1. The molecule has 76 valence electrons. The Hall–Kier alpha value is -0.610. The van der Waals surface area contributed by atoms with Crippen LogP contribution in [0.25, 0.3) is 0 Å². The first-order valence-corrected chi connectivity index (χ1v) is 4.73. The van der Waals surface area contributed by atoms with E-state index in [1.165, 1.54) is 7.11 Å². The molecule has 0 amide bonds. The molecule has 0 aromatic carbocycles. The Labute approximate surface area is 78.4 Å². The van der Waals surface area contributed by atoms with Gasteiger partial charge in [0.05, 0.1) is 26.1 Å². The summed E-state index contributed by atoms with van der Waals surface area (Å²) in [6.45, 7) is 0. The van der Waals surface area contributed by atoms with Crippen molar-refractivity contribution < 1.29 is 14.6 Å². The van der Waals surface area contributed by atoms with Crippen molar-refractivity contribution in [2.75, 3.05) is 14.2 Å². The standard InChI is InChI=1S/C9H17NO3/c1-10(12)8-5-3-7(4-6-8)9(11)13-2/h7-8,10H,3-6H2,1-2H3. The number of rotatable bonds is 2. The minimum absolute atomic E-state index is 0.0283. The van der Waals surface area contributed by atoms with E-state index in [-0.39, 0.29) is 23.0 Å². The number of hydroxylamine groups is 2. The Morgan fingerprint density at radius 1 is 1.38 bits per heavy atom. The second kappa shape index (κ2) is 4.58. The van der Waals surface area contributed by atoms with Crippen molar-refractivity contribution >= 4 is 5.97 Å². The fraction of sp³-hybridized carbons (Fsp3) is 0.889. The maximum atomic E-state index is 11.1. The lowest BCUT2D eigenvalue weighted by molar-refractivity contribution is -0.856. The lowest BCUT2D eigenvalue weighted by Gasteiger charge is -2.32. The zero-order valence-corrected chi connectivity index (χ0v) is 8.21. The highest BCUT2D eigenvalue weighted by Gasteiger charge is 2.28. The van der Waals surface area contributed by atoms with Crippen LogP contribution < -0.4 is 5.06 Å². The van der Waals surface area contributed by atoms with Gasteiger partial charge in [0.25, 0.3) is 0 Å². The van der Waals surface area contributed by atoms with Gasteiger partial charge in [0.1, 0.15) is 0 Å². The normalized spacial score (nSPS) is 31.0. The molecule has 13 heavy (non-hydrogen) atoms. The monoisotopic (exact) mass is 187 g/mol. The molecule has 1 N–H and O–H groups in total. The van der Waals surface area contributed by atoms with Crippen LogP contribution in [0.1, 0.15) is 25.7 Å². The largest absolute Gasteiger partial charge is 0.634 e. The molecule has 4 nitrogen and oxygen atoms in total. The van der Waals surface area contributed by atoms with E-state index in [2.05, 4.69) is 4.74 Å². The summed E-state index contributed by atoms with van der Waals surface area (Å²) in [4.78, 5) is 11.1. The molecule has 1 fully saturated rings. The first-order chi connectivity index (χ1) is 6.15. The molecule has 1 aliphatic rings. The van der Waals surface area contributed by atoms with E-state index in [0.29, 0.717) is 0 Å². The second-order valence-electron chi connectivity index (χ2n) is 3.68. The third-order valence-electron chi connectivity index (χ3n) is 2.84. The molecular formula is C9H17NO3. The first-order valence-electron chi connectivity index (χ1n) is 4.73. The van der Waals surface area contributed by atoms with Crippen molar-refractivity contribution in [2.45, 2.75) is 31.7 Å². The van der Waals surface area contributed by atoms with Crippen molar-refractivity contribution in [3.8, 4) is 0 Å². The maximum absolute atomic E-state index is 11.1. The third kappa shape index (κ3) is 2.67. The van der Waals surface area contributed by atoms with Crippen molar-refractivity contribution in [1.82, 2.24) is 0 Å². The fourth-order valence-electron chi connectivity index (χ4n) is 1.90. The van der Waals surface area contributed by atoms with Crippen LogP contribution in [0.2, 0.25) is 0 Å². The molecule has 1 rings (SSSR count). The zero-order chi connectivity index (χ0) is 9.84. The molecule has 1 unspecified atom stereocenters. The van der Waals surface area contributed by atoms with Gasteiger partial charge >= 0.3 is 5.97 Å². The summed E-state index contributed by atoms with van der Waals surface area (Å²) in [5, 5.41) is 11.3. The smallest absolute Gasteiger partial charge is 0.308 e. The number of carbonyl (C=O) groups is 1. The van der Waals surface area contributed by atoms with Gasteiger partial charge in [0, 0.05) is 12.8 Å². The predicted molar refractivity (Wildman–Crippen MR) is 48.0 cm³/mol. The van der Waals surface area contributed by atoms with Crippen molar-refractivity contribution in [3.63, 3.8) is 0 Å². The summed E-state index contributed by atoms with van der Waals surface area (Å²) in [7, 11) is 3.04. The molecule has 0 aromatic rings. The maximum Gasteiger partial charge on any atom is 0.308 e. The zero-order valence-electron chi connectivity index (χ0n) is 8.21. The molecule has 0 radical (unpaired) electrons. The van der Waals surface area contributed by atoms with Crippen LogP contribution in [-0.2, 0) is 9.53 Å². The highest BCUT2D eigenvalue weighted by Crippen LogP contribution is 2.23. The minimum atomic E-state index is -0.123. The Bertz CT molecular complexity index is 174. The quantitative estimate of drug-likeness (QED) is 0.478. The molecular weight excluding hydrogens is 170 g/mol. The summed E-state index contributed by atoms with van der Waals surface area (Å²) < 4.78 is 4.66. The molecule has 0 spiro atoms. The predicted octanol–water partition coefficient (Wildman–Crippen LogP) is -0.269. The SMILES string of the molecule is COC(=O)C1CCC([NH+](C)[O-])CC1. The molecule has 0 heterocycles. The van der Waals surface area contributed by atoms with E-state index < -0.39 is 0 Å². The molecule has 1 aliphatic carbocycles. The summed E-state index contributed by atoms with van der Waals surface area (Å²) in [5.74, 6) is -0.0948. The average Bonchev–Trinajstić information content (AvgIpc) is 2.17. The summed E-state index contributed by atoms with van der Waals surface area (Å²) in [6.07, 6.45) is 3.29. The van der Waals surface area contributed by atoms with Gasteiger partial charge < -0.3 is 15.0 Å². The van der Waals surface area contributed by atoms with Gasteiger partial charge in [-0.25, -0.2) is 0 Å². The van der Waals surface area contributed by atoms with Gasteiger partial charge in [-0.05, 0) is 12.8 Å². The van der Waals surface area contributed by atoms with Gasteiger partial charge in [-0.3, -0.25) is 4.79 Å². The van der Waals surface area contributed by atoms with Crippen LogP contribution in [-0.4, -0.2) is 26.2 Å². The lowest BCUT2D eigenvalue weighted by Crippen LogP contribution is -3.08. The molecule has 1 atom stereocenters. The van der Waals surface area contributed by atoms with Crippen LogP contribution >= 0.6 is 0 Å². The number of methoxy groups -OCH3 is 1.